The lowest BCUT2D eigenvalue weighted by molar-refractivity contribution is -0.137. The molecule has 7 nitrogen and oxygen atoms in total. The van der Waals surface area contributed by atoms with Gasteiger partial charge in [-0.15, -0.1) is 0 Å². The molecular weight excluding hydrogens is 401 g/mol. The molecule has 1 unspecified atom stereocenters. The largest absolute Gasteiger partial charge is 0.493 e. The summed E-state index contributed by atoms with van der Waals surface area (Å²) in [5, 5.41) is 6.58. The number of amides is 2. The first kappa shape index (κ1) is 20.5. The van der Waals surface area contributed by atoms with Crippen molar-refractivity contribution in [1.82, 2.24) is 15.0 Å². The number of ether oxygens (including phenoxy) is 1. The summed E-state index contributed by atoms with van der Waals surface area (Å²) in [4.78, 5) is 16.4. The van der Waals surface area contributed by atoms with E-state index in [0.717, 1.165) is 29.0 Å². The third-order valence-electron chi connectivity index (χ3n) is 5.77. The smallest absolute Gasteiger partial charge is 0.416 e. The van der Waals surface area contributed by atoms with E-state index in [1.54, 1.807) is 11.8 Å². The molecule has 30 heavy (non-hydrogen) atoms. The number of alkyl halides is 3. The second-order valence-corrected chi connectivity index (χ2v) is 7.58. The second-order valence-electron chi connectivity index (χ2n) is 7.58. The van der Waals surface area contributed by atoms with E-state index in [-0.39, 0.29) is 17.8 Å². The molecule has 0 aliphatic carbocycles. The van der Waals surface area contributed by atoms with Crippen LogP contribution >= 0.6 is 0 Å². The SMILES string of the molecule is Cc1noc(NC(=O)N2CCN(C3CCOc4cc(C(F)(F)F)ccc43)CC2)c1C. The van der Waals surface area contributed by atoms with Gasteiger partial charge in [0.2, 0.25) is 5.88 Å². The predicted octanol–water partition coefficient (Wildman–Crippen LogP) is 3.98. The second kappa shape index (κ2) is 7.82. The molecule has 4 rings (SSSR count). The van der Waals surface area contributed by atoms with Crippen LogP contribution in [0.3, 0.4) is 0 Å². The molecule has 0 saturated carbocycles. The van der Waals surface area contributed by atoms with Gasteiger partial charge < -0.3 is 14.2 Å². The molecule has 1 aromatic carbocycles. The summed E-state index contributed by atoms with van der Waals surface area (Å²) in [6, 6.07) is 3.41. The van der Waals surface area contributed by atoms with E-state index in [9.17, 15) is 18.0 Å². The number of aryl methyl sites for hydroxylation is 1. The number of fused-ring (bicyclic) bond motifs is 1. The molecule has 1 N–H and O–H groups in total. The Labute approximate surface area is 171 Å². The van der Waals surface area contributed by atoms with Gasteiger partial charge in [-0.1, -0.05) is 11.2 Å². The van der Waals surface area contributed by atoms with E-state index in [2.05, 4.69) is 15.4 Å². The Kier molecular flexibility index (Phi) is 5.35. The molecule has 1 aromatic heterocycles. The minimum absolute atomic E-state index is 0.0274. The van der Waals surface area contributed by atoms with Crippen LogP contribution in [0.15, 0.2) is 22.7 Å². The highest BCUT2D eigenvalue weighted by atomic mass is 19.4. The van der Waals surface area contributed by atoms with Gasteiger partial charge in [0.05, 0.1) is 17.9 Å². The summed E-state index contributed by atoms with van der Waals surface area (Å²) in [5.74, 6) is 0.635. The number of benzene rings is 1. The standard InChI is InChI=1S/C20H23F3N4O3/c1-12-13(2)25-30-18(12)24-19(28)27-8-6-26(7-9-27)16-5-10-29-17-11-14(20(21,22)23)3-4-15(16)17/h3-4,11,16H,5-10H2,1-2H3,(H,24,28). The fourth-order valence-electron chi connectivity index (χ4n) is 3.87. The molecule has 1 atom stereocenters. The minimum atomic E-state index is -4.40. The fourth-order valence-corrected chi connectivity index (χ4v) is 3.87. The van der Waals surface area contributed by atoms with Crippen molar-refractivity contribution >= 4 is 11.9 Å². The van der Waals surface area contributed by atoms with E-state index in [1.165, 1.54) is 6.07 Å². The zero-order chi connectivity index (χ0) is 21.5. The summed E-state index contributed by atoms with van der Waals surface area (Å²) in [6.07, 6.45) is -3.70. The molecule has 3 heterocycles. The predicted molar refractivity (Wildman–Crippen MR) is 102 cm³/mol. The van der Waals surface area contributed by atoms with E-state index in [0.29, 0.717) is 45.1 Å². The van der Waals surface area contributed by atoms with Gasteiger partial charge in [-0.2, -0.15) is 13.2 Å². The van der Waals surface area contributed by atoms with Crippen molar-refractivity contribution in [3.05, 3.63) is 40.6 Å². The Hall–Kier alpha value is -2.75. The van der Waals surface area contributed by atoms with E-state index in [1.807, 2.05) is 6.92 Å². The van der Waals surface area contributed by atoms with Gasteiger partial charge in [-0.05, 0) is 26.0 Å². The summed E-state index contributed by atoms with van der Waals surface area (Å²) in [5.41, 5.74) is 1.57. The van der Waals surface area contributed by atoms with Crippen LogP contribution in [0.5, 0.6) is 5.75 Å². The fraction of sp³-hybridized carbons (Fsp3) is 0.500. The maximum atomic E-state index is 13.0. The Morgan fingerprint density at radius 2 is 1.93 bits per heavy atom. The van der Waals surface area contributed by atoms with Crippen molar-refractivity contribution in [3.63, 3.8) is 0 Å². The van der Waals surface area contributed by atoms with Gasteiger partial charge in [-0.25, -0.2) is 4.79 Å². The first-order valence-corrected chi connectivity index (χ1v) is 9.81. The van der Waals surface area contributed by atoms with Crippen molar-refractivity contribution < 1.29 is 27.2 Å². The number of hydrogen-bond donors (Lipinski definition) is 1. The zero-order valence-electron chi connectivity index (χ0n) is 16.8. The van der Waals surface area contributed by atoms with Crippen LogP contribution in [0.25, 0.3) is 0 Å². The molecule has 0 bridgehead atoms. The minimum Gasteiger partial charge on any atom is -0.493 e. The van der Waals surface area contributed by atoms with Crippen LogP contribution in [-0.4, -0.2) is 53.8 Å². The zero-order valence-corrected chi connectivity index (χ0v) is 16.8. The van der Waals surface area contributed by atoms with E-state index < -0.39 is 11.7 Å². The Morgan fingerprint density at radius 1 is 1.20 bits per heavy atom. The van der Waals surface area contributed by atoms with Crippen molar-refractivity contribution in [3.8, 4) is 5.75 Å². The first-order chi connectivity index (χ1) is 14.2. The highest BCUT2D eigenvalue weighted by Gasteiger charge is 2.35. The van der Waals surface area contributed by atoms with Crippen molar-refractivity contribution in [1.29, 1.82) is 0 Å². The lowest BCUT2D eigenvalue weighted by Gasteiger charge is -2.41. The lowest BCUT2D eigenvalue weighted by atomic mass is 9.96. The Bertz CT molecular complexity index is 936. The maximum Gasteiger partial charge on any atom is 0.416 e. The average Bonchev–Trinajstić information content (AvgIpc) is 3.04. The number of rotatable bonds is 2. The molecule has 0 radical (unpaired) electrons. The van der Waals surface area contributed by atoms with Gasteiger partial charge in [0.25, 0.3) is 0 Å². The molecule has 0 spiro atoms. The summed E-state index contributed by atoms with van der Waals surface area (Å²) >= 11 is 0. The molecule has 2 aliphatic rings. The van der Waals surface area contributed by atoms with E-state index >= 15 is 0 Å². The third-order valence-corrected chi connectivity index (χ3v) is 5.77. The van der Waals surface area contributed by atoms with Crippen molar-refractivity contribution in [2.75, 3.05) is 38.1 Å². The third kappa shape index (κ3) is 3.96. The highest BCUT2D eigenvalue weighted by Crippen LogP contribution is 2.40. The number of nitrogens with zero attached hydrogens (tertiary/aromatic N) is 3. The number of piperazine rings is 1. The number of nitrogens with one attached hydrogen (secondary N) is 1. The Morgan fingerprint density at radius 3 is 2.57 bits per heavy atom. The molecule has 1 saturated heterocycles. The van der Waals surface area contributed by atoms with Crippen LogP contribution in [0, 0.1) is 13.8 Å². The van der Waals surface area contributed by atoms with Gasteiger partial charge in [0.15, 0.2) is 0 Å². The molecular formula is C20H23F3N4O3. The normalized spacial score (nSPS) is 19.9. The number of carbonyl (C=O) groups excluding carboxylic acids is 1. The summed E-state index contributed by atoms with van der Waals surface area (Å²) in [6.45, 7) is 6.24. The lowest BCUT2D eigenvalue weighted by Crippen LogP contribution is -2.51. The molecule has 10 heteroatoms. The van der Waals surface area contributed by atoms with Crippen LogP contribution in [0.2, 0.25) is 0 Å². The van der Waals surface area contributed by atoms with Crippen LogP contribution < -0.4 is 10.1 Å². The molecule has 2 aliphatic heterocycles. The molecule has 1 fully saturated rings. The van der Waals surface area contributed by atoms with Gasteiger partial charge in [-0.3, -0.25) is 10.2 Å². The highest BCUT2D eigenvalue weighted by molar-refractivity contribution is 5.88. The topological polar surface area (TPSA) is 70.8 Å². The monoisotopic (exact) mass is 424 g/mol. The summed E-state index contributed by atoms with van der Waals surface area (Å²) in [7, 11) is 0. The number of carbonyl (C=O) groups is 1. The number of urea groups is 1. The molecule has 2 aromatic rings. The number of anilines is 1. The van der Waals surface area contributed by atoms with Crippen molar-refractivity contribution in [2.45, 2.75) is 32.5 Å². The average molecular weight is 424 g/mol. The van der Waals surface area contributed by atoms with Crippen LogP contribution in [0.1, 0.15) is 34.8 Å². The number of aromatic nitrogens is 1. The van der Waals surface area contributed by atoms with E-state index in [4.69, 9.17) is 9.26 Å². The summed E-state index contributed by atoms with van der Waals surface area (Å²) < 4.78 is 49.6. The molecule has 162 valence electrons. The van der Waals surface area contributed by atoms with Gasteiger partial charge in [0, 0.05) is 49.8 Å². The number of halogens is 3. The van der Waals surface area contributed by atoms with Crippen molar-refractivity contribution in [2.24, 2.45) is 0 Å². The number of hydrogen-bond acceptors (Lipinski definition) is 5. The molecule has 2 amide bonds. The maximum absolute atomic E-state index is 13.0. The van der Waals surface area contributed by atoms with Gasteiger partial charge >= 0.3 is 12.2 Å². The van der Waals surface area contributed by atoms with Crippen LogP contribution in [-0.2, 0) is 6.18 Å². The Balaban J connectivity index is 1.40. The van der Waals surface area contributed by atoms with Gasteiger partial charge in [0.1, 0.15) is 5.75 Å². The quantitative estimate of drug-likeness (QED) is 0.790. The first-order valence-electron chi connectivity index (χ1n) is 9.81. The van der Waals surface area contributed by atoms with Crippen LogP contribution in [0.4, 0.5) is 23.8 Å².